The summed E-state index contributed by atoms with van der Waals surface area (Å²) in [4.78, 5) is 35.9. The fourth-order valence-electron chi connectivity index (χ4n) is 2.67. The molecular formula is C22H26N2O6. The molecule has 0 atom stereocenters. The number of methoxy groups -OCH3 is 2. The van der Waals surface area contributed by atoms with E-state index in [1.165, 1.54) is 0 Å². The van der Waals surface area contributed by atoms with Crippen LogP contribution in [0.1, 0.15) is 29.3 Å². The smallest absolute Gasteiger partial charge is 0.306 e. The van der Waals surface area contributed by atoms with Crippen molar-refractivity contribution in [3.8, 4) is 11.5 Å². The van der Waals surface area contributed by atoms with Gasteiger partial charge in [-0.2, -0.15) is 0 Å². The predicted octanol–water partition coefficient (Wildman–Crippen LogP) is 2.57. The number of hydrogen-bond acceptors (Lipinski definition) is 6. The molecule has 8 nitrogen and oxygen atoms in total. The van der Waals surface area contributed by atoms with Crippen LogP contribution in [0.4, 0.5) is 5.69 Å². The number of amides is 2. The van der Waals surface area contributed by atoms with E-state index in [1.807, 2.05) is 19.1 Å². The molecule has 0 aliphatic heterocycles. The Morgan fingerprint density at radius 3 is 2.30 bits per heavy atom. The quantitative estimate of drug-likeness (QED) is 0.579. The molecule has 8 heteroatoms. The van der Waals surface area contributed by atoms with Crippen LogP contribution in [0, 0.1) is 0 Å². The van der Waals surface area contributed by atoms with Crippen molar-refractivity contribution in [3.05, 3.63) is 53.6 Å². The molecule has 2 rings (SSSR count). The molecule has 0 aliphatic rings. The first-order valence-electron chi connectivity index (χ1n) is 9.50. The van der Waals surface area contributed by atoms with Crippen LogP contribution in [0.25, 0.3) is 0 Å². The van der Waals surface area contributed by atoms with E-state index in [-0.39, 0.29) is 12.3 Å². The number of nitrogens with one attached hydrogen (secondary N) is 2. The molecule has 0 spiro atoms. The molecule has 30 heavy (non-hydrogen) atoms. The summed E-state index contributed by atoms with van der Waals surface area (Å²) in [7, 11) is 3.11. The Hall–Kier alpha value is -3.55. The SMILES string of the molecule is CCNC(=O)c1cccc(NC(=O)COC(=O)CCc2cc(OC)cc(OC)c2)c1. The lowest BCUT2D eigenvalue weighted by Crippen LogP contribution is -2.23. The van der Waals surface area contributed by atoms with Crippen molar-refractivity contribution in [1.29, 1.82) is 0 Å². The summed E-state index contributed by atoms with van der Waals surface area (Å²) >= 11 is 0. The highest BCUT2D eigenvalue weighted by Crippen LogP contribution is 2.23. The maximum atomic E-state index is 12.0. The van der Waals surface area contributed by atoms with Gasteiger partial charge in [0.05, 0.1) is 14.2 Å². The van der Waals surface area contributed by atoms with Crippen molar-refractivity contribution in [1.82, 2.24) is 5.32 Å². The number of carbonyl (C=O) groups is 3. The Balaban J connectivity index is 1.82. The lowest BCUT2D eigenvalue weighted by atomic mass is 10.1. The van der Waals surface area contributed by atoms with E-state index in [0.717, 1.165) is 5.56 Å². The zero-order valence-electron chi connectivity index (χ0n) is 17.3. The molecule has 0 fully saturated rings. The molecule has 2 aromatic rings. The average molecular weight is 414 g/mol. The fraction of sp³-hybridized carbons (Fsp3) is 0.318. The second-order valence-electron chi connectivity index (χ2n) is 6.37. The Morgan fingerprint density at radius 2 is 1.67 bits per heavy atom. The van der Waals surface area contributed by atoms with Crippen LogP contribution in [0.15, 0.2) is 42.5 Å². The summed E-state index contributed by atoms with van der Waals surface area (Å²) in [6.45, 7) is 1.92. The zero-order valence-corrected chi connectivity index (χ0v) is 17.3. The van der Waals surface area contributed by atoms with Gasteiger partial charge in [-0.05, 0) is 49.2 Å². The zero-order chi connectivity index (χ0) is 21.9. The summed E-state index contributed by atoms with van der Waals surface area (Å²) in [6.07, 6.45) is 0.527. The number of aryl methyl sites for hydroxylation is 1. The first kappa shape index (κ1) is 22.7. The normalized spacial score (nSPS) is 10.1. The molecule has 2 aromatic carbocycles. The van der Waals surface area contributed by atoms with Gasteiger partial charge < -0.3 is 24.8 Å². The van der Waals surface area contributed by atoms with Gasteiger partial charge in [-0.25, -0.2) is 0 Å². The molecule has 0 bridgehead atoms. The number of anilines is 1. The van der Waals surface area contributed by atoms with Gasteiger partial charge in [-0.15, -0.1) is 0 Å². The molecule has 0 saturated heterocycles. The van der Waals surface area contributed by atoms with Gasteiger partial charge in [0, 0.05) is 30.3 Å². The van der Waals surface area contributed by atoms with Crippen LogP contribution < -0.4 is 20.1 Å². The first-order chi connectivity index (χ1) is 14.4. The number of carbonyl (C=O) groups excluding carboxylic acids is 3. The molecule has 0 aliphatic carbocycles. The van der Waals surface area contributed by atoms with Gasteiger partial charge in [-0.3, -0.25) is 14.4 Å². The topological polar surface area (TPSA) is 103 Å². The molecular weight excluding hydrogens is 388 g/mol. The highest BCUT2D eigenvalue weighted by Gasteiger charge is 2.11. The van der Waals surface area contributed by atoms with Gasteiger partial charge in [0.1, 0.15) is 11.5 Å². The summed E-state index contributed by atoms with van der Waals surface area (Å²) in [5.74, 6) is 0.0514. The van der Waals surface area contributed by atoms with Crippen molar-refractivity contribution in [3.63, 3.8) is 0 Å². The summed E-state index contributed by atoms with van der Waals surface area (Å²) in [5.41, 5.74) is 1.73. The van der Waals surface area contributed by atoms with Gasteiger partial charge in [-0.1, -0.05) is 6.07 Å². The summed E-state index contributed by atoms with van der Waals surface area (Å²) < 4.78 is 15.4. The monoisotopic (exact) mass is 414 g/mol. The van der Waals surface area contributed by atoms with Crippen molar-refractivity contribution in [2.75, 3.05) is 32.7 Å². The second-order valence-corrected chi connectivity index (χ2v) is 6.37. The molecule has 0 unspecified atom stereocenters. The third-order valence-electron chi connectivity index (χ3n) is 4.14. The lowest BCUT2D eigenvalue weighted by molar-refractivity contribution is -0.147. The minimum atomic E-state index is -0.497. The van der Waals surface area contributed by atoms with Gasteiger partial charge in [0.15, 0.2) is 6.61 Å². The van der Waals surface area contributed by atoms with E-state index in [1.54, 1.807) is 44.6 Å². The molecule has 0 radical (unpaired) electrons. The Labute approximate surface area is 175 Å². The van der Waals surface area contributed by atoms with Crippen molar-refractivity contribution >= 4 is 23.5 Å². The second kappa shape index (κ2) is 11.5. The maximum absolute atomic E-state index is 12.0. The molecule has 2 amide bonds. The van der Waals surface area contributed by atoms with Crippen LogP contribution in [0.2, 0.25) is 0 Å². The summed E-state index contributed by atoms with van der Waals surface area (Å²) in [5, 5.41) is 5.30. The summed E-state index contributed by atoms with van der Waals surface area (Å²) in [6, 6.07) is 11.9. The third-order valence-corrected chi connectivity index (χ3v) is 4.14. The van der Waals surface area contributed by atoms with E-state index in [4.69, 9.17) is 14.2 Å². The predicted molar refractivity (Wildman–Crippen MR) is 112 cm³/mol. The molecule has 2 N–H and O–H groups in total. The Morgan fingerprint density at radius 1 is 0.967 bits per heavy atom. The van der Waals surface area contributed by atoms with Crippen molar-refractivity contribution in [2.45, 2.75) is 19.8 Å². The van der Waals surface area contributed by atoms with Gasteiger partial charge in [0.25, 0.3) is 11.8 Å². The van der Waals surface area contributed by atoms with Crippen LogP contribution in [0.3, 0.4) is 0 Å². The van der Waals surface area contributed by atoms with Gasteiger partial charge >= 0.3 is 5.97 Å². The maximum Gasteiger partial charge on any atom is 0.306 e. The number of ether oxygens (including phenoxy) is 3. The van der Waals surface area contributed by atoms with E-state index < -0.39 is 18.5 Å². The van der Waals surface area contributed by atoms with Crippen LogP contribution in [-0.2, 0) is 20.7 Å². The molecule has 0 saturated carbocycles. The number of hydrogen-bond donors (Lipinski definition) is 2. The molecule has 160 valence electrons. The first-order valence-corrected chi connectivity index (χ1v) is 9.50. The highest BCUT2D eigenvalue weighted by atomic mass is 16.5. The van der Waals surface area contributed by atoms with Crippen LogP contribution >= 0.6 is 0 Å². The minimum Gasteiger partial charge on any atom is -0.497 e. The Bertz CT molecular complexity index is 875. The minimum absolute atomic E-state index is 0.107. The van der Waals surface area contributed by atoms with Crippen molar-refractivity contribution < 1.29 is 28.6 Å². The number of esters is 1. The largest absolute Gasteiger partial charge is 0.497 e. The standard InChI is InChI=1S/C22H26N2O6/c1-4-23-22(27)16-6-5-7-17(12-16)24-20(25)14-30-21(26)9-8-15-10-18(28-2)13-19(11-15)29-3/h5-7,10-13H,4,8-9,14H2,1-3H3,(H,23,27)(H,24,25). The van der Waals surface area contributed by atoms with E-state index in [9.17, 15) is 14.4 Å². The van der Waals surface area contributed by atoms with E-state index >= 15 is 0 Å². The van der Waals surface area contributed by atoms with Crippen LogP contribution in [-0.4, -0.2) is 45.2 Å². The lowest BCUT2D eigenvalue weighted by Gasteiger charge is -2.09. The average Bonchev–Trinajstić information content (AvgIpc) is 2.76. The van der Waals surface area contributed by atoms with Crippen LogP contribution in [0.5, 0.6) is 11.5 Å². The fourth-order valence-corrected chi connectivity index (χ4v) is 2.67. The van der Waals surface area contributed by atoms with E-state index in [0.29, 0.717) is 35.7 Å². The Kier molecular flexibility index (Phi) is 8.68. The molecule has 0 aromatic heterocycles. The van der Waals surface area contributed by atoms with E-state index in [2.05, 4.69) is 10.6 Å². The molecule has 0 heterocycles. The number of benzene rings is 2. The van der Waals surface area contributed by atoms with Gasteiger partial charge in [0.2, 0.25) is 0 Å². The third kappa shape index (κ3) is 7.12. The highest BCUT2D eigenvalue weighted by molar-refractivity contribution is 5.97. The van der Waals surface area contributed by atoms with Crippen molar-refractivity contribution in [2.24, 2.45) is 0 Å². The number of rotatable bonds is 10.